The number of ketones is 1. The van der Waals surface area contributed by atoms with Crippen LogP contribution in [0.2, 0.25) is 0 Å². The van der Waals surface area contributed by atoms with Gasteiger partial charge in [-0.15, -0.1) is 0 Å². The van der Waals surface area contributed by atoms with Gasteiger partial charge in [0.25, 0.3) is 17.7 Å². The molecule has 0 radical (unpaired) electrons. The molecule has 0 spiro atoms. The smallest absolute Gasteiger partial charge is 0.417 e. The lowest BCUT2D eigenvalue weighted by molar-refractivity contribution is -0.139. The van der Waals surface area contributed by atoms with Crippen LogP contribution in [-0.4, -0.2) is 35.7 Å². The maximum atomic E-state index is 14.4. The molecule has 0 saturated heterocycles. The number of benzene rings is 5. The standard InChI is InChI=1S/C38H28F6N4O5/c1-20(49)21-5-3-6-22(15-21)34(51)46-25-9-12-28(30(17-25)37(39,40)41)29-13-10-26(18-31(29)38(42,43)44)47-35(52)23-7-4-8-24(16-23)36(53)48-27-11-14-33(50)32(19-27)45-2/h3-19,45,50H,1-2H3,(H,46,51)(H,47,52)(H,48,53). The van der Waals surface area contributed by atoms with Gasteiger partial charge < -0.3 is 26.4 Å². The summed E-state index contributed by atoms with van der Waals surface area (Å²) < 4.78 is 86.1. The lowest BCUT2D eigenvalue weighted by Crippen LogP contribution is -2.17. The van der Waals surface area contributed by atoms with Crippen LogP contribution in [-0.2, 0) is 12.4 Å². The zero-order valence-corrected chi connectivity index (χ0v) is 27.7. The molecule has 15 heteroatoms. The molecule has 9 nitrogen and oxygen atoms in total. The Morgan fingerprint density at radius 2 is 0.906 bits per heavy atom. The normalized spacial score (nSPS) is 11.4. The first-order valence-corrected chi connectivity index (χ1v) is 15.5. The third-order valence-electron chi connectivity index (χ3n) is 7.90. The minimum Gasteiger partial charge on any atom is -0.506 e. The van der Waals surface area contributed by atoms with Crippen molar-refractivity contribution in [3.8, 4) is 16.9 Å². The van der Waals surface area contributed by atoms with Crippen LogP contribution in [0.1, 0.15) is 59.5 Å². The van der Waals surface area contributed by atoms with E-state index >= 15 is 0 Å². The Labute approximate surface area is 297 Å². The van der Waals surface area contributed by atoms with Crippen molar-refractivity contribution in [2.45, 2.75) is 19.3 Å². The maximum Gasteiger partial charge on any atom is 0.417 e. The molecule has 0 atom stereocenters. The number of halogens is 6. The largest absolute Gasteiger partial charge is 0.506 e. The van der Waals surface area contributed by atoms with Gasteiger partial charge in [-0.2, -0.15) is 26.3 Å². The summed E-state index contributed by atoms with van der Waals surface area (Å²) in [6.07, 6.45) is -10.3. The molecular weight excluding hydrogens is 706 g/mol. The quantitative estimate of drug-likeness (QED) is 0.0444. The van der Waals surface area contributed by atoms with Crippen LogP contribution in [0.3, 0.4) is 0 Å². The molecule has 0 heterocycles. The average molecular weight is 735 g/mol. The summed E-state index contributed by atoms with van der Waals surface area (Å²) in [5, 5.41) is 19.8. The van der Waals surface area contributed by atoms with E-state index in [9.17, 15) is 50.6 Å². The molecule has 5 aromatic rings. The topological polar surface area (TPSA) is 137 Å². The Morgan fingerprint density at radius 1 is 0.528 bits per heavy atom. The molecule has 0 unspecified atom stereocenters. The zero-order chi connectivity index (χ0) is 38.7. The van der Waals surface area contributed by atoms with E-state index < -0.39 is 58.0 Å². The van der Waals surface area contributed by atoms with Crippen LogP contribution >= 0.6 is 0 Å². The van der Waals surface area contributed by atoms with Crippen LogP contribution in [0, 0.1) is 0 Å². The molecule has 0 bridgehead atoms. The average Bonchev–Trinajstić information content (AvgIpc) is 3.11. The van der Waals surface area contributed by atoms with E-state index in [-0.39, 0.29) is 39.5 Å². The molecule has 0 saturated carbocycles. The summed E-state index contributed by atoms with van der Waals surface area (Å²) in [6, 6.07) is 19.6. The van der Waals surface area contributed by atoms with Crippen molar-refractivity contribution >= 4 is 46.3 Å². The van der Waals surface area contributed by atoms with Crippen molar-refractivity contribution in [2.24, 2.45) is 0 Å². The first-order chi connectivity index (χ1) is 24.9. The molecule has 53 heavy (non-hydrogen) atoms. The Kier molecular flexibility index (Phi) is 10.6. The van der Waals surface area contributed by atoms with E-state index in [4.69, 9.17) is 0 Å². The third kappa shape index (κ3) is 8.81. The van der Waals surface area contributed by atoms with Crippen molar-refractivity contribution in [3.63, 3.8) is 0 Å². The minimum absolute atomic E-state index is 0.0203. The van der Waals surface area contributed by atoms with Crippen molar-refractivity contribution in [1.82, 2.24) is 0 Å². The van der Waals surface area contributed by atoms with Crippen LogP contribution < -0.4 is 21.3 Å². The van der Waals surface area contributed by atoms with Gasteiger partial charge in [-0.3, -0.25) is 19.2 Å². The second kappa shape index (κ2) is 14.9. The number of carbonyl (C=O) groups excluding carboxylic acids is 4. The monoisotopic (exact) mass is 734 g/mol. The summed E-state index contributed by atoms with van der Waals surface area (Å²) in [4.78, 5) is 50.4. The highest BCUT2D eigenvalue weighted by atomic mass is 19.4. The molecule has 0 aliphatic carbocycles. The first kappa shape index (κ1) is 37.6. The zero-order valence-electron chi connectivity index (χ0n) is 27.7. The van der Waals surface area contributed by atoms with Crippen LogP contribution in [0.5, 0.6) is 5.75 Å². The van der Waals surface area contributed by atoms with Crippen LogP contribution in [0.25, 0.3) is 11.1 Å². The molecular formula is C38H28F6N4O5. The van der Waals surface area contributed by atoms with E-state index in [2.05, 4.69) is 21.3 Å². The summed E-state index contributed by atoms with van der Waals surface area (Å²) >= 11 is 0. The molecule has 0 aliphatic rings. The van der Waals surface area contributed by atoms with Crippen molar-refractivity contribution in [1.29, 1.82) is 0 Å². The highest BCUT2D eigenvalue weighted by molar-refractivity contribution is 6.09. The number of anilines is 4. The Bertz CT molecular complexity index is 2250. The molecule has 5 N–H and O–H groups in total. The molecule has 0 aliphatic heterocycles. The van der Waals surface area contributed by atoms with Gasteiger partial charge in [0.1, 0.15) is 5.75 Å². The van der Waals surface area contributed by atoms with Crippen LogP contribution in [0.15, 0.2) is 103 Å². The molecule has 0 aromatic heterocycles. The summed E-state index contributed by atoms with van der Waals surface area (Å²) in [7, 11) is 1.56. The fourth-order valence-electron chi connectivity index (χ4n) is 5.29. The fraction of sp³-hybridized carbons (Fsp3) is 0.105. The molecule has 5 aromatic carbocycles. The second-order valence-corrected chi connectivity index (χ2v) is 11.6. The molecule has 3 amide bonds. The van der Waals surface area contributed by atoms with Gasteiger partial charge in [0.15, 0.2) is 5.78 Å². The number of alkyl halides is 6. The number of rotatable bonds is 9. The van der Waals surface area contributed by atoms with Gasteiger partial charge in [-0.05, 0) is 90.8 Å². The predicted octanol–water partition coefficient (Wildman–Crippen LogP) is 9.10. The Hall–Kier alpha value is -6.64. The van der Waals surface area contributed by atoms with E-state index in [1.165, 1.54) is 73.7 Å². The molecule has 272 valence electrons. The van der Waals surface area contributed by atoms with Crippen molar-refractivity contribution in [3.05, 3.63) is 137 Å². The number of carbonyl (C=O) groups is 4. The Morgan fingerprint density at radius 3 is 1.30 bits per heavy atom. The number of aromatic hydroxyl groups is 1. The van der Waals surface area contributed by atoms with Gasteiger partial charge in [0, 0.05) is 46.4 Å². The lowest BCUT2D eigenvalue weighted by atomic mass is 9.93. The van der Waals surface area contributed by atoms with E-state index in [0.717, 1.165) is 24.3 Å². The lowest BCUT2D eigenvalue weighted by Gasteiger charge is -2.20. The summed E-state index contributed by atoms with van der Waals surface area (Å²) in [5.41, 5.74) is -4.67. The number of phenolic OH excluding ortho intramolecular Hbond substituents is 1. The van der Waals surface area contributed by atoms with Crippen molar-refractivity contribution in [2.75, 3.05) is 28.3 Å². The highest BCUT2D eigenvalue weighted by Gasteiger charge is 2.39. The van der Waals surface area contributed by atoms with Crippen LogP contribution in [0.4, 0.5) is 49.1 Å². The van der Waals surface area contributed by atoms with Gasteiger partial charge in [0.05, 0.1) is 16.8 Å². The third-order valence-corrected chi connectivity index (χ3v) is 7.90. The number of hydrogen-bond acceptors (Lipinski definition) is 6. The summed E-state index contributed by atoms with van der Waals surface area (Å²) in [6.45, 7) is 1.27. The maximum absolute atomic E-state index is 14.4. The fourth-order valence-corrected chi connectivity index (χ4v) is 5.29. The number of amides is 3. The number of hydrogen-bond donors (Lipinski definition) is 5. The number of nitrogens with one attached hydrogen (secondary N) is 4. The van der Waals surface area contributed by atoms with Crippen molar-refractivity contribution < 1.29 is 50.6 Å². The number of phenols is 1. The van der Waals surface area contributed by atoms with E-state index in [1.54, 1.807) is 7.05 Å². The summed E-state index contributed by atoms with van der Waals surface area (Å²) in [5.74, 6) is -2.80. The van der Waals surface area contributed by atoms with Gasteiger partial charge in [-0.1, -0.05) is 30.3 Å². The minimum atomic E-state index is -5.17. The van der Waals surface area contributed by atoms with Gasteiger partial charge in [0.2, 0.25) is 0 Å². The molecule has 5 rings (SSSR count). The highest BCUT2D eigenvalue weighted by Crippen LogP contribution is 2.44. The van der Waals surface area contributed by atoms with Gasteiger partial charge in [-0.25, -0.2) is 0 Å². The molecule has 0 fully saturated rings. The SMILES string of the molecule is CNc1cc(NC(=O)c2cccc(C(=O)Nc3ccc(-c4ccc(NC(=O)c5cccc(C(C)=O)c5)cc4C(F)(F)F)c(C(F)(F)F)c3)c2)ccc1O. The first-order valence-electron chi connectivity index (χ1n) is 15.5. The van der Waals surface area contributed by atoms with Gasteiger partial charge >= 0.3 is 12.4 Å². The number of Topliss-reactive ketones (excluding diaryl/α,β-unsaturated/α-hetero) is 1. The second-order valence-electron chi connectivity index (χ2n) is 11.6. The Balaban J connectivity index is 1.41. The predicted molar refractivity (Wildman–Crippen MR) is 186 cm³/mol. The van der Waals surface area contributed by atoms with E-state index in [0.29, 0.717) is 23.5 Å². The van der Waals surface area contributed by atoms with E-state index in [1.807, 2.05) is 0 Å².